The highest BCUT2D eigenvalue weighted by molar-refractivity contribution is 7.99. The summed E-state index contributed by atoms with van der Waals surface area (Å²) in [5, 5.41) is 3.01. The SMILES string of the molecule is CNc1nc(SC(C)C)c(F)cc1F. The fraction of sp³-hybridized carbons (Fsp3) is 0.444. The first-order valence-corrected chi connectivity index (χ1v) is 5.13. The second-order valence-electron chi connectivity index (χ2n) is 3.02. The fourth-order valence-electron chi connectivity index (χ4n) is 0.931. The van der Waals surface area contributed by atoms with Gasteiger partial charge in [-0.15, -0.1) is 11.8 Å². The molecule has 0 saturated carbocycles. The van der Waals surface area contributed by atoms with Gasteiger partial charge in [0.25, 0.3) is 0 Å². The predicted octanol–water partition coefficient (Wildman–Crippen LogP) is 2.90. The lowest BCUT2D eigenvalue weighted by Gasteiger charge is -2.08. The van der Waals surface area contributed by atoms with Crippen LogP contribution in [-0.2, 0) is 0 Å². The van der Waals surface area contributed by atoms with Crippen molar-refractivity contribution >= 4 is 17.6 Å². The minimum absolute atomic E-state index is 0.0783. The lowest BCUT2D eigenvalue weighted by atomic mass is 10.4. The summed E-state index contributed by atoms with van der Waals surface area (Å²) in [6.07, 6.45) is 0. The Balaban J connectivity index is 3.04. The molecule has 0 aliphatic carbocycles. The number of pyridine rings is 1. The van der Waals surface area contributed by atoms with Crippen LogP contribution >= 0.6 is 11.8 Å². The lowest BCUT2D eigenvalue weighted by molar-refractivity contribution is 0.551. The summed E-state index contributed by atoms with van der Waals surface area (Å²) in [4.78, 5) is 3.83. The zero-order valence-electron chi connectivity index (χ0n) is 8.27. The molecular formula is C9H12F2N2S. The topological polar surface area (TPSA) is 24.9 Å². The molecule has 14 heavy (non-hydrogen) atoms. The van der Waals surface area contributed by atoms with Crippen LogP contribution in [-0.4, -0.2) is 17.3 Å². The second-order valence-corrected chi connectivity index (χ2v) is 4.59. The van der Waals surface area contributed by atoms with E-state index in [0.29, 0.717) is 0 Å². The molecule has 0 saturated heterocycles. The normalized spacial score (nSPS) is 10.7. The molecule has 0 radical (unpaired) electrons. The zero-order chi connectivity index (χ0) is 10.7. The number of nitrogens with one attached hydrogen (secondary N) is 1. The third-order valence-electron chi connectivity index (χ3n) is 1.48. The molecule has 0 aliphatic rings. The van der Waals surface area contributed by atoms with Crippen molar-refractivity contribution in [1.29, 1.82) is 0 Å². The Morgan fingerprint density at radius 2 is 2.00 bits per heavy atom. The second kappa shape index (κ2) is 4.59. The smallest absolute Gasteiger partial charge is 0.168 e. The van der Waals surface area contributed by atoms with E-state index in [0.717, 1.165) is 6.07 Å². The van der Waals surface area contributed by atoms with Gasteiger partial charge >= 0.3 is 0 Å². The Morgan fingerprint density at radius 1 is 1.36 bits per heavy atom. The van der Waals surface area contributed by atoms with Gasteiger partial charge in [0.2, 0.25) is 0 Å². The van der Waals surface area contributed by atoms with Crippen LogP contribution in [0.1, 0.15) is 13.8 Å². The maximum absolute atomic E-state index is 13.2. The van der Waals surface area contributed by atoms with Crippen LogP contribution < -0.4 is 5.32 Å². The zero-order valence-corrected chi connectivity index (χ0v) is 9.08. The highest BCUT2D eigenvalue weighted by Gasteiger charge is 2.12. The minimum atomic E-state index is -0.668. The fourth-order valence-corrected chi connectivity index (χ4v) is 1.69. The third kappa shape index (κ3) is 2.57. The summed E-state index contributed by atoms with van der Waals surface area (Å²) in [7, 11) is 1.55. The Hall–Kier alpha value is -0.840. The van der Waals surface area contributed by atoms with E-state index in [4.69, 9.17) is 0 Å². The lowest BCUT2D eigenvalue weighted by Crippen LogP contribution is -2.01. The molecule has 0 amide bonds. The van der Waals surface area contributed by atoms with Gasteiger partial charge in [-0.2, -0.15) is 0 Å². The van der Waals surface area contributed by atoms with Crippen LogP contribution in [0.4, 0.5) is 14.6 Å². The molecule has 0 bridgehead atoms. The average molecular weight is 218 g/mol. The van der Waals surface area contributed by atoms with E-state index in [1.54, 1.807) is 7.05 Å². The first-order valence-electron chi connectivity index (χ1n) is 4.25. The Labute approximate surface area is 86.1 Å². The monoisotopic (exact) mass is 218 g/mol. The molecule has 0 aliphatic heterocycles. The van der Waals surface area contributed by atoms with Gasteiger partial charge in [-0.05, 0) is 0 Å². The summed E-state index contributed by atoms with van der Waals surface area (Å²) in [6, 6.07) is 0.851. The number of anilines is 1. The van der Waals surface area contributed by atoms with Crippen molar-refractivity contribution in [1.82, 2.24) is 4.98 Å². The Morgan fingerprint density at radius 3 is 2.50 bits per heavy atom. The van der Waals surface area contributed by atoms with E-state index >= 15 is 0 Å². The molecule has 2 nitrogen and oxygen atoms in total. The van der Waals surface area contributed by atoms with Crippen LogP contribution in [0.15, 0.2) is 11.1 Å². The van der Waals surface area contributed by atoms with Crippen LogP contribution in [0.2, 0.25) is 0 Å². The highest BCUT2D eigenvalue weighted by atomic mass is 32.2. The summed E-state index contributed by atoms with van der Waals surface area (Å²) in [6.45, 7) is 3.85. The molecule has 78 valence electrons. The van der Waals surface area contributed by atoms with Gasteiger partial charge in [-0.1, -0.05) is 13.8 Å². The van der Waals surface area contributed by atoms with Crippen molar-refractivity contribution < 1.29 is 8.78 Å². The summed E-state index contributed by atoms with van der Waals surface area (Å²) in [5.74, 6) is -1.20. The number of nitrogens with zero attached hydrogens (tertiary/aromatic N) is 1. The molecular weight excluding hydrogens is 206 g/mol. The first kappa shape index (κ1) is 11.2. The molecule has 0 fully saturated rings. The van der Waals surface area contributed by atoms with Crippen molar-refractivity contribution in [3.8, 4) is 0 Å². The first-order chi connectivity index (χ1) is 6.54. The van der Waals surface area contributed by atoms with Crippen LogP contribution in [0.3, 0.4) is 0 Å². The number of hydrogen-bond donors (Lipinski definition) is 1. The number of rotatable bonds is 3. The molecule has 0 unspecified atom stereocenters. The van der Waals surface area contributed by atoms with Crippen molar-refractivity contribution in [3.05, 3.63) is 17.7 Å². The van der Waals surface area contributed by atoms with Gasteiger partial charge in [0.05, 0.1) is 0 Å². The van der Waals surface area contributed by atoms with Crippen LogP contribution in [0.5, 0.6) is 0 Å². The van der Waals surface area contributed by atoms with Gasteiger partial charge in [0.15, 0.2) is 17.5 Å². The summed E-state index contributed by atoms with van der Waals surface area (Å²) in [5.41, 5.74) is 0. The molecule has 1 rings (SSSR count). The summed E-state index contributed by atoms with van der Waals surface area (Å²) >= 11 is 1.27. The maximum atomic E-state index is 13.2. The largest absolute Gasteiger partial charge is 0.371 e. The molecule has 0 aromatic carbocycles. The molecule has 5 heteroatoms. The van der Waals surface area contributed by atoms with Gasteiger partial charge in [0, 0.05) is 18.4 Å². The molecule has 1 aromatic rings. The van der Waals surface area contributed by atoms with Crippen LogP contribution in [0, 0.1) is 11.6 Å². The standard InChI is InChI=1S/C9H12F2N2S/c1-5(2)14-9-7(11)4-6(10)8(12-3)13-9/h4-5H,1-3H3,(H,12,13). The average Bonchev–Trinajstić information content (AvgIpc) is 2.09. The summed E-state index contributed by atoms with van der Waals surface area (Å²) < 4.78 is 26.2. The minimum Gasteiger partial charge on any atom is -0.371 e. The van der Waals surface area contributed by atoms with E-state index in [-0.39, 0.29) is 16.1 Å². The van der Waals surface area contributed by atoms with Gasteiger partial charge in [-0.25, -0.2) is 13.8 Å². The van der Waals surface area contributed by atoms with Crippen molar-refractivity contribution in [2.45, 2.75) is 24.1 Å². The van der Waals surface area contributed by atoms with E-state index < -0.39 is 11.6 Å². The van der Waals surface area contributed by atoms with Gasteiger partial charge in [-0.3, -0.25) is 0 Å². The molecule has 1 aromatic heterocycles. The van der Waals surface area contributed by atoms with Gasteiger partial charge in [0.1, 0.15) is 5.03 Å². The Kier molecular flexibility index (Phi) is 3.69. The van der Waals surface area contributed by atoms with Crippen molar-refractivity contribution in [3.63, 3.8) is 0 Å². The van der Waals surface area contributed by atoms with E-state index in [9.17, 15) is 8.78 Å². The van der Waals surface area contributed by atoms with E-state index in [2.05, 4.69) is 10.3 Å². The number of halogens is 2. The highest BCUT2D eigenvalue weighted by Crippen LogP contribution is 2.26. The molecule has 0 atom stereocenters. The quantitative estimate of drug-likeness (QED) is 0.790. The molecule has 0 spiro atoms. The van der Waals surface area contributed by atoms with E-state index in [1.807, 2.05) is 13.8 Å². The molecule has 1 N–H and O–H groups in total. The van der Waals surface area contributed by atoms with Crippen LogP contribution in [0.25, 0.3) is 0 Å². The Bertz CT molecular complexity index is 329. The van der Waals surface area contributed by atoms with Crippen molar-refractivity contribution in [2.75, 3.05) is 12.4 Å². The maximum Gasteiger partial charge on any atom is 0.168 e. The number of thioether (sulfide) groups is 1. The van der Waals surface area contributed by atoms with E-state index in [1.165, 1.54) is 11.8 Å². The molecule has 1 heterocycles. The number of aromatic nitrogens is 1. The third-order valence-corrected chi connectivity index (χ3v) is 2.46. The van der Waals surface area contributed by atoms with Gasteiger partial charge < -0.3 is 5.32 Å². The van der Waals surface area contributed by atoms with Crippen molar-refractivity contribution in [2.24, 2.45) is 0 Å². The number of hydrogen-bond acceptors (Lipinski definition) is 3. The predicted molar refractivity (Wildman–Crippen MR) is 54.7 cm³/mol.